The van der Waals surface area contributed by atoms with Crippen molar-refractivity contribution in [1.82, 2.24) is 9.80 Å². The van der Waals surface area contributed by atoms with Crippen LogP contribution >= 0.6 is 0 Å². The molecule has 17 heavy (non-hydrogen) atoms. The van der Waals surface area contributed by atoms with Crippen molar-refractivity contribution >= 4 is 11.9 Å². The lowest BCUT2D eigenvalue weighted by Gasteiger charge is -2.38. The number of nitrogens with zero attached hydrogens (tertiary/aromatic N) is 2. The number of piperidine rings is 1. The number of urea groups is 1. The molecule has 2 saturated heterocycles. The predicted octanol–water partition coefficient (Wildman–Crippen LogP) is -0.222. The third-order valence-corrected chi connectivity index (χ3v) is 3.36. The Morgan fingerprint density at radius 1 is 1.12 bits per heavy atom. The highest BCUT2D eigenvalue weighted by atomic mass is 16.5. The van der Waals surface area contributed by atoms with Crippen molar-refractivity contribution in [2.24, 2.45) is 5.73 Å². The van der Waals surface area contributed by atoms with E-state index < -0.39 is 11.9 Å². The van der Waals surface area contributed by atoms with Crippen molar-refractivity contribution in [3.63, 3.8) is 0 Å². The quantitative estimate of drug-likeness (QED) is 0.689. The highest BCUT2D eigenvalue weighted by Crippen LogP contribution is 2.18. The van der Waals surface area contributed by atoms with E-state index in [1.165, 1.54) is 0 Å². The fourth-order valence-electron chi connectivity index (χ4n) is 2.39. The van der Waals surface area contributed by atoms with Gasteiger partial charge in [0.25, 0.3) is 0 Å². The largest absolute Gasteiger partial charge is 0.378 e. The summed E-state index contributed by atoms with van der Waals surface area (Å²) in [6.45, 7) is 2.97. The van der Waals surface area contributed by atoms with Gasteiger partial charge in [-0.2, -0.15) is 0 Å². The molecule has 2 aliphatic rings. The van der Waals surface area contributed by atoms with Gasteiger partial charge in [0.1, 0.15) is 6.04 Å². The minimum absolute atomic E-state index is 0.0724. The van der Waals surface area contributed by atoms with E-state index in [-0.39, 0.29) is 6.03 Å². The van der Waals surface area contributed by atoms with E-state index in [0.29, 0.717) is 39.3 Å². The van der Waals surface area contributed by atoms with Gasteiger partial charge in [-0.15, -0.1) is 0 Å². The lowest BCUT2D eigenvalue weighted by atomic mass is 10.0. The average Bonchev–Trinajstić information content (AvgIpc) is 2.39. The zero-order valence-corrected chi connectivity index (χ0v) is 9.93. The molecule has 2 N–H and O–H groups in total. The maximum absolute atomic E-state index is 12.3. The van der Waals surface area contributed by atoms with Crippen LogP contribution in [0, 0.1) is 0 Å². The van der Waals surface area contributed by atoms with Crippen LogP contribution in [0.15, 0.2) is 0 Å². The molecule has 0 bridgehead atoms. The smallest absolute Gasteiger partial charge is 0.320 e. The second-order valence-corrected chi connectivity index (χ2v) is 4.49. The van der Waals surface area contributed by atoms with Crippen LogP contribution in [0.4, 0.5) is 4.79 Å². The fraction of sp³-hybridized carbons (Fsp3) is 0.818. The Morgan fingerprint density at radius 2 is 1.82 bits per heavy atom. The maximum atomic E-state index is 12.3. The van der Waals surface area contributed by atoms with Crippen LogP contribution in [0.5, 0.6) is 0 Å². The van der Waals surface area contributed by atoms with Crippen LogP contribution in [0.2, 0.25) is 0 Å². The summed E-state index contributed by atoms with van der Waals surface area (Å²) in [5.41, 5.74) is 5.35. The van der Waals surface area contributed by atoms with Crippen LogP contribution in [-0.2, 0) is 9.53 Å². The van der Waals surface area contributed by atoms with Gasteiger partial charge < -0.3 is 20.3 Å². The van der Waals surface area contributed by atoms with Crippen LogP contribution < -0.4 is 5.73 Å². The van der Waals surface area contributed by atoms with Crippen molar-refractivity contribution in [3.05, 3.63) is 0 Å². The highest BCUT2D eigenvalue weighted by Gasteiger charge is 2.33. The van der Waals surface area contributed by atoms with Crippen LogP contribution in [-0.4, -0.2) is 60.6 Å². The molecule has 2 aliphatic heterocycles. The van der Waals surface area contributed by atoms with Gasteiger partial charge in [0.15, 0.2) is 0 Å². The number of ether oxygens (including phenoxy) is 1. The Balaban J connectivity index is 2.02. The number of primary amides is 1. The summed E-state index contributed by atoms with van der Waals surface area (Å²) in [6, 6.07) is -0.504. The zero-order chi connectivity index (χ0) is 12.3. The summed E-state index contributed by atoms with van der Waals surface area (Å²) < 4.78 is 5.21. The molecule has 3 amide bonds. The van der Waals surface area contributed by atoms with Gasteiger partial charge in [-0.3, -0.25) is 4.79 Å². The summed E-state index contributed by atoms with van der Waals surface area (Å²) in [6.07, 6.45) is 2.59. The molecule has 2 heterocycles. The number of likely N-dealkylation sites (tertiary alicyclic amines) is 1. The van der Waals surface area contributed by atoms with E-state index in [1.807, 2.05) is 0 Å². The number of hydrogen-bond donors (Lipinski definition) is 1. The highest BCUT2D eigenvalue weighted by molar-refractivity contribution is 5.86. The first-order chi connectivity index (χ1) is 8.20. The van der Waals surface area contributed by atoms with E-state index in [9.17, 15) is 9.59 Å². The number of morpholine rings is 1. The van der Waals surface area contributed by atoms with E-state index in [0.717, 1.165) is 12.8 Å². The van der Waals surface area contributed by atoms with Gasteiger partial charge >= 0.3 is 6.03 Å². The monoisotopic (exact) mass is 241 g/mol. The summed E-state index contributed by atoms with van der Waals surface area (Å²) in [5, 5.41) is 0. The molecule has 6 heteroatoms. The first-order valence-corrected chi connectivity index (χ1v) is 6.13. The molecule has 2 fully saturated rings. The maximum Gasteiger partial charge on any atom is 0.320 e. The van der Waals surface area contributed by atoms with Gasteiger partial charge in [-0.05, 0) is 19.3 Å². The van der Waals surface area contributed by atoms with Crippen LogP contribution in [0.25, 0.3) is 0 Å². The SMILES string of the molecule is NC(=O)C1CCCCN1C(=O)N1CCOCC1. The second kappa shape index (κ2) is 5.35. The first-order valence-electron chi connectivity index (χ1n) is 6.13. The standard InChI is InChI=1S/C11H19N3O3/c12-10(15)9-3-1-2-4-14(9)11(16)13-5-7-17-8-6-13/h9H,1-8H2,(H2,12,15). The predicted molar refractivity (Wildman–Crippen MR) is 61.3 cm³/mol. The number of amides is 3. The minimum atomic E-state index is -0.431. The lowest BCUT2D eigenvalue weighted by molar-refractivity contribution is -0.123. The van der Waals surface area contributed by atoms with Gasteiger partial charge in [-0.1, -0.05) is 0 Å². The Morgan fingerprint density at radius 3 is 2.47 bits per heavy atom. The molecule has 0 aromatic heterocycles. The van der Waals surface area contributed by atoms with Gasteiger partial charge in [0.05, 0.1) is 13.2 Å². The lowest BCUT2D eigenvalue weighted by Crippen LogP contribution is -2.56. The summed E-state index contributed by atoms with van der Waals surface area (Å²) >= 11 is 0. The van der Waals surface area contributed by atoms with Crippen molar-refractivity contribution in [3.8, 4) is 0 Å². The molecule has 0 aromatic rings. The van der Waals surface area contributed by atoms with Gasteiger partial charge in [-0.25, -0.2) is 4.79 Å². The molecule has 0 radical (unpaired) electrons. The van der Waals surface area contributed by atoms with E-state index in [2.05, 4.69) is 0 Å². The van der Waals surface area contributed by atoms with Gasteiger partial charge in [0.2, 0.25) is 5.91 Å². The molecule has 0 saturated carbocycles. The van der Waals surface area contributed by atoms with Crippen LogP contribution in [0.3, 0.4) is 0 Å². The first kappa shape index (κ1) is 12.2. The number of hydrogen-bond acceptors (Lipinski definition) is 3. The second-order valence-electron chi connectivity index (χ2n) is 4.49. The minimum Gasteiger partial charge on any atom is -0.378 e. The fourth-order valence-corrected chi connectivity index (χ4v) is 2.39. The molecule has 1 atom stereocenters. The van der Waals surface area contributed by atoms with Crippen molar-refractivity contribution in [2.75, 3.05) is 32.8 Å². The molecule has 0 aliphatic carbocycles. The Hall–Kier alpha value is -1.30. The Kier molecular flexibility index (Phi) is 3.83. The molecular formula is C11H19N3O3. The number of carbonyl (C=O) groups excluding carboxylic acids is 2. The number of nitrogens with two attached hydrogens (primary N) is 1. The Bertz CT molecular complexity index is 302. The zero-order valence-electron chi connectivity index (χ0n) is 9.93. The van der Waals surface area contributed by atoms with Crippen molar-refractivity contribution < 1.29 is 14.3 Å². The van der Waals surface area contributed by atoms with E-state index in [1.54, 1.807) is 9.80 Å². The third-order valence-electron chi connectivity index (χ3n) is 3.36. The van der Waals surface area contributed by atoms with E-state index >= 15 is 0 Å². The van der Waals surface area contributed by atoms with Crippen molar-refractivity contribution in [1.29, 1.82) is 0 Å². The number of carbonyl (C=O) groups is 2. The Labute approximate surface area is 101 Å². The molecule has 1 unspecified atom stereocenters. The molecule has 2 rings (SSSR count). The van der Waals surface area contributed by atoms with E-state index in [4.69, 9.17) is 10.5 Å². The molecule has 0 aromatic carbocycles. The summed E-state index contributed by atoms with van der Waals surface area (Å²) in [4.78, 5) is 27.0. The summed E-state index contributed by atoms with van der Waals surface area (Å²) in [5.74, 6) is -0.397. The number of rotatable bonds is 1. The summed E-state index contributed by atoms with van der Waals surface area (Å²) in [7, 11) is 0. The molecule has 6 nitrogen and oxygen atoms in total. The van der Waals surface area contributed by atoms with Gasteiger partial charge in [0, 0.05) is 19.6 Å². The van der Waals surface area contributed by atoms with Crippen LogP contribution in [0.1, 0.15) is 19.3 Å². The third kappa shape index (κ3) is 2.69. The average molecular weight is 241 g/mol. The topological polar surface area (TPSA) is 75.9 Å². The van der Waals surface area contributed by atoms with Crippen molar-refractivity contribution in [2.45, 2.75) is 25.3 Å². The molecular weight excluding hydrogens is 222 g/mol. The molecule has 0 spiro atoms. The molecule has 96 valence electrons. The normalized spacial score (nSPS) is 25.8.